The molecule has 0 bridgehead atoms. The number of aldehydes is 1. The van der Waals surface area contributed by atoms with Crippen molar-refractivity contribution in [2.75, 3.05) is 0 Å². The molecule has 1 fully saturated rings. The standard InChI is InChI=1S/C40H64N4O8/c1-9-28(4)34(44-38(50)51-30-19-15-14-16-20-30)37(49)42-31(21-22-33(46)52-39(6,7)8)36(48)41-29(5)35(47)43-32(25-27(2)3)40(26-45)23-17-12-10-11-13-18-24-40/h14-16,19-20,26-29,31-32,34H,9-13,17-18,21-25H2,1-8H3,(H,41,48)(H,42,49)(H,43,47)(H,44,50)/t28-,29-,31-,32-,34-/m0/s1. The van der Waals surface area contributed by atoms with Crippen LogP contribution in [0.4, 0.5) is 4.79 Å². The van der Waals surface area contributed by atoms with Crippen LogP contribution in [0.5, 0.6) is 5.75 Å². The minimum Gasteiger partial charge on any atom is -0.460 e. The van der Waals surface area contributed by atoms with E-state index in [1.807, 2.05) is 6.92 Å². The normalized spacial score (nSPS) is 17.7. The average Bonchev–Trinajstić information content (AvgIpc) is 3.20. The maximum Gasteiger partial charge on any atom is 0.413 e. The molecule has 12 heteroatoms. The van der Waals surface area contributed by atoms with Gasteiger partial charge >= 0.3 is 12.1 Å². The summed E-state index contributed by atoms with van der Waals surface area (Å²) in [6.07, 6.45) is 8.58. The predicted molar refractivity (Wildman–Crippen MR) is 200 cm³/mol. The molecular weight excluding hydrogens is 664 g/mol. The zero-order chi connectivity index (χ0) is 38.9. The molecule has 12 nitrogen and oxygen atoms in total. The van der Waals surface area contributed by atoms with Gasteiger partial charge in [-0.1, -0.05) is 90.8 Å². The van der Waals surface area contributed by atoms with E-state index in [1.165, 1.54) is 0 Å². The van der Waals surface area contributed by atoms with Crippen LogP contribution in [0.3, 0.4) is 0 Å². The van der Waals surface area contributed by atoms with Gasteiger partial charge in [-0.15, -0.1) is 0 Å². The second-order valence-electron chi connectivity index (χ2n) is 15.8. The van der Waals surface area contributed by atoms with E-state index in [-0.39, 0.29) is 24.7 Å². The van der Waals surface area contributed by atoms with Gasteiger partial charge in [-0.25, -0.2) is 4.79 Å². The smallest absolute Gasteiger partial charge is 0.413 e. The van der Waals surface area contributed by atoms with Crippen molar-refractivity contribution in [3.05, 3.63) is 30.3 Å². The fourth-order valence-corrected chi connectivity index (χ4v) is 6.51. The van der Waals surface area contributed by atoms with E-state index in [9.17, 15) is 28.8 Å². The quantitative estimate of drug-likeness (QED) is 0.109. The van der Waals surface area contributed by atoms with Gasteiger partial charge < -0.3 is 35.5 Å². The van der Waals surface area contributed by atoms with Crippen molar-refractivity contribution >= 4 is 36.1 Å². The first-order valence-electron chi connectivity index (χ1n) is 19.1. The van der Waals surface area contributed by atoms with E-state index in [1.54, 1.807) is 65.0 Å². The summed E-state index contributed by atoms with van der Waals surface area (Å²) in [5.74, 6) is -2.16. The Hall–Kier alpha value is -3.96. The lowest BCUT2D eigenvalue weighted by atomic mass is 9.71. The van der Waals surface area contributed by atoms with Gasteiger partial charge in [0.15, 0.2) is 0 Å². The zero-order valence-corrected chi connectivity index (χ0v) is 32.7. The number of nitrogens with one attached hydrogen (secondary N) is 4. The van der Waals surface area contributed by atoms with Gasteiger partial charge in [-0.2, -0.15) is 0 Å². The molecule has 1 aromatic carbocycles. The number of ether oxygens (including phenoxy) is 2. The highest BCUT2D eigenvalue weighted by Gasteiger charge is 2.40. The van der Waals surface area contributed by atoms with Crippen LogP contribution in [-0.2, 0) is 28.7 Å². The lowest BCUT2D eigenvalue weighted by molar-refractivity contribution is -0.155. The Labute approximate surface area is 310 Å². The molecule has 1 aliphatic carbocycles. The molecular formula is C40H64N4O8. The third-order valence-corrected chi connectivity index (χ3v) is 9.65. The number of carbonyl (C=O) groups is 6. The fourth-order valence-electron chi connectivity index (χ4n) is 6.51. The highest BCUT2D eigenvalue weighted by Crippen LogP contribution is 2.37. The lowest BCUT2D eigenvalue weighted by Gasteiger charge is -2.38. The number of rotatable bonds is 17. The maximum absolute atomic E-state index is 13.8. The van der Waals surface area contributed by atoms with Gasteiger partial charge in [0.05, 0.1) is 0 Å². The molecule has 52 heavy (non-hydrogen) atoms. The summed E-state index contributed by atoms with van der Waals surface area (Å²) in [5.41, 5.74) is -1.45. The van der Waals surface area contributed by atoms with Gasteiger partial charge in [0, 0.05) is 17.9 Å². The summed E-state index contributed by atoms with van der Waals surface area (Å²) in [7, 11) is 0. The summed E-state index contributed by atoms with van der Waals surface area (Å²) in [6, 6.07) is 4.67. The molecule has 4 amide bonds. The molecule has 1 aliphatic rings. The minimum atomic E-state index is -1.24. The third kappa shape index (κ3) is 15.3. The van der Waals surface area contributed by atoms with E-state index < -0.39 is 65.0 Å². The van der Waals surface area contributed by atoms with Crippen molar-refractivity contribution in [2.45, 2.75) is 162 Å². The molecule has 0 heterocycles. The molecule has 2 rings (SSSR count). The Morgan fingerprint density at radius 2 is 1.40 bits per heavy atom. The monoisotopic (exact) mass is 728 g/mol. The van der Waals surface area contributed by atoms with Crippen molar-refractivity contribution < 1.29 is 38.2 Å². The molecule has 0 spiro atoms. The van der Waals surface area contributed by atoms with Crippen LogP contribution >= 0.6 is 0 Å². The van der Waals surface area contributed by atoms with Crippen molar-refractivity contribution in [3.63, 3.8) is 0 Å². The molecule has 292 valence electrons. The molecule has 0 aliphatic heterocycles. The van der Waals surface area contributed by atoms with E-state index >= 15 is 0 Å². The van der Waals surface area contributed by atoms with Crippen molar-refractivity contribution in [1.82, 2.24) is 21.3 Å². The lowest BCUT2D eigenvalue weighted by Crippen LogP contribution is -2.59. The average molecular weight is 729 g/mol. The number of benzene rings is 1. The van der Waals surface area contributed by atoms with Crippen LogP contribution in [0, 0.1) is 17.3 Å². The maximum atomic E-state index is 13.8. The topological polar surface area (TPSA) is 169 Å². The van der Waals surface area contributed by atoms with Crippen LogP contribution in [0.2, 0.25) is 0 Å². The predicted octanol–water partition coefficient (Wildman–Crippen LogP) is 6.15. The molecule has 5 atom stereocenters. The van der Waals surface area contributed by atoms with Crippen molar-refractivity contribution in [2.24, 2.45) is 17.3 Å². The van der Waals surface area contributed by atoms with Crippen LogP contribution in [0.1, 0.15) is 132 Å². The van der Waals surface area contributed by atoms with Crippen LogP contribution < -0.4 is 26.0 Å². The van der Waals surface area contributed by atoms with Gasteiger partial charge in [0.2, 0.25) is 17.7 Å². The molecule has 0 aromatic heterocycles. The van der Waals surface area contributed by atoms with Gasteiger partial charge in [-0.3, -0.25) is 19.2 Å². The van der Waals surface area contributed by atoms with E-state index in [0.29, 0.717) is 31.4 Å². The molecule has 1 saturated carbocycles. The Morgan fingerprint density at radius 1 is 0.808 bits per heavy atom. The SMILES string of the molecule is CC[C@H](C)[C@H](NC(=O)Oc1ccccc1)C(=O)N[C@@H](CCC(=O)OC(C)(C)C)C(=O)N[C@@H](C)C(=O)N[C@@H](CC(C)C)C1(C=O)CCCCCCCC1. The highest BCUT2D eigenvalue weighted by molar-refractivity contribution is 5.94. The number of amides is 4. The Balaban J connectivity index is 2.26. The van der Waals surface area contributed by atoms with Gasteiger partial charge in [-0.05, 0) is 77.3 Å². The first-order chi connectivity index (χ1) is 24.5. The first-order valence-corrected chi connectivity index (χ1v) is 19.1. The molecule has 4 N–H and O–H groups in total. The van der Waals surface area contributed by atoms with Crippen LogP contribution in [0.15, 0.2) is 30.3 Å². The zero-order valence-electron chi connectivity index (χ0n) is 32.7. The summed E-state index contributed by atoms with van der Waals surface area (Å²) in [4.78, 5) is 79.4. The highest BCUT2D eigenvalue weighted by atomic mass is 16.6. The Bertz CT molecular complexity index is 1300. The van der Waals surface area contributed by atoms with Crippen LogP contribution in [-0.4, -0.2) is 65.8 Å². The summed E-state index contributed by atoms with van der Waals surface area (Å²) < 4.78 is 10.8. The van der Waals surface area contributed by atoms with E-state index in [0.717, 1.165) is 44.8 Å². The second kappa shape index (κ2) is 21.5. The molecule has 0 radical (unpaired) electrons. The first kappa shape index (κ1) is 44.2. The van der Waals surface area contributed by atoms with Crippen molar-refractivity contribution in [3.8, 4) is 5.75 Å². The van der Waals surface area contributed by atoms with Crippen LogP contribution in [0.25, 0.3) is 0 Å². The summed E-state index contributed by atoms with van der Waals surface area (Å²) in [6.45, 7) is 14.5. The number of hydrogen-bond donors (Lipinski definition) is 4. The number of esters is 1. The summed E-state index contributed by atoms with van der Waals surface area (Å²) >= 11 is 0. The van der Waals surface area contributed by atoms with E-state index in [2.05, 4.69) is 35.1 Å². The molecule has 0 unspecified atom stereocenters. The number of carbonyl (C=O) groups excluding carboxylic acids is 6. The molecule has 0 saturated heterocycles. The second-order valence-corrected chi connectivity index (χ2v) is 15.8. The number of hydrogen-bond acceptors (Lipinski definition) is 8. The molecule has 1 aromatic rings. The fraction of sp³-hybridized carbons (Fsp3) is 0.700. The summed E-state index contributed by atoms with van der Waals surface area (Å²) in [5, 5.41) is 11.2. The Kier molecular flexibility index (Phi) is 18.3. The number of para-hydroxylation sites is 1. The van der Waals surface area contributed by atoms with Crippen molar-refractivity contribution in [1.29, 1.82) is 0 Å². The Morgan fingerprint density at radius 3 is 1.94 bits per heavy atom. The van der Waals surface area contributed by atoms with Gasteiger partial charge in [0.1, 0.15) is 35.8 Å². The van der Waals surface area contributed by atoms with Gasteiger partial charge in [0.25, 0.3) is 0 Å². The largest absolute Gasteiger partial charge is 0.460 e. The third-order valence-electron chi connectivity index (χ3n) is 9.65. The van der Waals surface area contributed by atoms with E-state index in [4.69, 9.17) is 9.47 Å². The minimum absolute atomic E-state index is 0.118.